The number of aromatic nitrogens is 2. The molecule has 0 saturated heterocycles. The van der Waals surface area contributed by atoms with Gasteiger partial charge in [0.05, 0.1) is 22.6 Å². The van der Waals surface area contributed by atoms with E-state index in [0.717, 1.165) is 0 Å². The number of benzene rings is 1. The van der Waals surface area contributed by atoms with Crippen molar-refractivity contribution in [3.63, 3.8) is 0 Å². The zero-order valence-electron chi connectivity index (χ0n) is 11.8. The van der Waals surface area contributed by atoms with Crippen molar-refractivity contribution >= 4 is 21.7 Å². The number of carboxylic acids is 1. The number of hydrogen-bond acceptors (Lipinski definition) is 4. The Bertz CT molecular complexity index is 789. The van der Waals surface area contributed by atoms with E-state index in [0.29, 0.717) is 17.0 Å². The van der Waals surface area contributed by atoms with E-state index >= 15 is 0 Å². The predicted molar refractivity (Wildman–Crippen MR) is 77.0 cm³/mol. The van der Waals surface area contributed by atoms with Crippen LogP contribution in [0.1, 0.15) is 27.3 Å². The van der Waals surface area contributed by atoms with E-state index in [9.17, 15) is 13.2 Å². The number of H-pyrrole nitrogens is 1. The van der Waals surface area contributed by atoms with Gasteiger partial charge in [-0.25, -0.2) is 13.2 Å². The molecule has 0 saturated carbocycles. The van der Waals surface area contributed by atoms with Crippen molar-refractivity contribution in [3.8, 4) is 0 Å². The summed E-state index contributed by atoms with van der Waals surface area (Å²) in [7, 11) is -3.83. The molecule has 0 unspecified atom stereocenters. The molecule has 0 spiro atoms. The zero-order valence-corrected chi connectivity index (χ0v) is 12.6. The van der Waals surface area contributed by atoms with Gasteiger partial charge in [-0.1, -0.05) is 6.07 Å². The number of aromatic carboxylic acids is 1. The van der Waals surface area contributed by atoms with E-state index in [1.54, 1.807) is 20.8 Å². The fourth-order valence-corrected chi connectivity index (χ4v) is 3.61. The molecule has 0 atom stereocenters. The van der Waals surface area contributed by atoms with Gasteiger partial charge in [-0.2, -0.15) is 5.10 Å². The van der Waals surface area contributed by atoms with Crippen LogP contribution in [0.25, 0.3) is 0 Å². The van der Waals surface area contributed by atoms with Crippen LogP contribution in [0.5, 0.6) is 0 Å². The van der Waals surface area contributed by atoms with Crippen molar-refractivity contribution in [3.05, 3.63) is 40.7 Å². The highest BCUT2D eigenvalue weighted by Gasteiger charge is 2.23. The van der Waals surface area contributed by atoms with Crippen LogP contribution in [0, 0.1) is 20.8 Å². The lowest BCUT2D eigenvalue weighted by atomic mass is 10.1. The first-order valence-corrected chi connectivity index (χ1v) is 7.59. The molecule has 0 aliphatic rings. The molecule has 0 amide bonds. The van der Waals surface area contributed by atoms with Crippen molar-refractivity contribution in [1.29, 1.82) is 0 Å². The van der Waals surface area contributed by atoms with Crippen molar-refractivity contribution in [2.24, 2.45) is 0 Å². The van der Waals surface area contributed by atoms with Crippen LogP contribution in [-0.4, -0.2) is 29.7 Å². The number of nitrogens with zero attached hydrogens (tertiary/aromatic N) is 1. The maximum Gasteiger partial charge on any atom is 0.336 e. The summed E-state index contributed by atoms with van der Waals surface area (Å²) < 4.78 is 27.3. The summed E-state index contributed by atoms with van der Waals surface area (Å²) >= 11 is 0. The summed E-state index contributed by atoms with van der Waals surface area (Å²) in [6.07, 6.45) is 0. The molecule has 3 N–H and O–H groups in total. The van der Waals surface area contributed by atoms with Crippen LogP contribution in [0.2, 0.25) is 0 Å². The van der Waals surface area contributed by atoms with Crippen molar-refractivity contribution < 1.29 is 18.3 Å². The number of aryl methyl sites for hydroxylation is 2. The second-order valence-corrected chi connectivity index (χ2v) is 6.27. The number of carboxylic acid groups (broad SMARTS) is 1. The van der Waals surface area contributed by atoms with E-state index in [4.69, 9.17) is 5.11 Å². The number of rotatable bonds is 4. The quantitative estimate of drug-likeness (QED) is 0.797. The van der Waals surface area contributed by atoms with Gasteiger partial charge in [-0.05, 0) is 38.5 Å². The Morgan fingerprint density at radius 3 is 2.48 bits per heavy atom. The largest absolute Gasteiger partial charge is 0.478 e. The number of anilines is 1. The lowest BCUT2D eigenvalue weighted by Crippen LogP contribution is -2.16. The monoisotopic (exact) mass is 309 g/mol. The minimum atomic E-state index is -3.83. The van der Waals surface area contributed by atoms with Gasteiger partial charge >= 0.3 is 5.97 Å². The van der Waals surface area contributed by atoms with Gasteiger partial charge < -0.3 is 5.11 Å². The fourth-order valence-electron chi connectivity index (χ4n) is 2.11. The molecule has 1 heterocycles. The Labute approximate surface area is 122 Å². The van der Waals surface area contributed by atoms with E-state index < -0.39 is 16.0 Å². The molecule has 1 aromatic carbocycles. The molecule has 0 radical (unpaired) electrons. The molecule has 7 nitrogen and oxygen atoms in total. The lowest BCUT2D eigenvalue weighted by Gasteiger charge is -2.12. The van der Waals surface area contributed by atoms with Gasteiger partial charge in [0.15, 0.2) is 0 Å². The second-order valence-electron chi connectivity index (χ2n) is 4.65. The molecule has 21 heavy (non-hydrogen) atoms. The molecular formula is C13H15N3O4S. The molecule has 0 aliphatic carbocycles. The third kappa shape index (κ3) is 2.75. The predicted octanol–water partition coefficient (Wildman–Crippen LogP) is 1.83. The number of carbonyl (C=O) groups is 1. The van der Waals surface area contributed by atoms with Gasteiger partial charge in [-0.3, -0.25) is 9.82 Å². The van der Waals surface area contributed by atoms with Crippen LogP contribution >= 0.6 is 0 Å². The number of aromatic amines is 1. The molecule has 2 rings (SSSR count). The van der Waals surface area contributed by atoms with E-state index in [2.05, 4.69) is 14.9 Å². The first kappa shape index (κ1) is 15.0. The van der Waals surface area contributed by atoms with Crippen molar-refractivity contribution in [2.75, 3.05) is 4.72 Å². The fraction of sp³-hybridized carbons (Fsp3) is 0.231. The maximum absolute atomic E-state index is 12.4. The highest BCUT2D eigenvalue weighted by Crippen LogP contribution is 2.24. The zero-order chi connectivity index (χ0) is 15.8. The standard InChI is InChI=1S/C13H15N3O4S/c1-7-10(13(17)18)5-4-6-11(7)16-21(19,20)12-8(2)14-15-9(12)3/h4-6,16H,1-3H3,(H,14,15)(H,17,18). The minimum Gasteiger partial charge on any atom is -0.478 e. The molecule has 0 bridgehead atoms. The molecule has 1 aromatic heterocycles. The molecule has 2 aromatic rings. The molecule has 0 fully saturated rings. The topological polar surface area (TPSA) is 112 Å². The summed E-state index contributed by atoms with van der Waals surface area (Å²) in [5, 5.41) is 15.5. The van der Waals surface area contributed by atoms with E-state index in [-0.39, 0.29) is 16.1 Å². The van der Waals surface area contributed by atoms with Crippen LogP contribution in [-0.2, 0) is 10.0 Å². The summed E-state index contributed by atoms with van der Waals surface area (Å²) in [4.78, 5) is 11.2. The Balaban J connectivity index is 2.48. The molecule has 8 heteroatoms. The smallest absolute Gasteiger partial charge is 0.336 e. The normalized spacial score (nSPS) is 11.4. The first-order valence-electron chi connectivity index (χ1n) is 6.11. The molecule has 112 valence electrons. The molecular weight excluding hydrogens is 294 g/mol. The Morgan fingerprint density at radius 2 is 1.95 bits per heavy atom. The summed E-state index contributed by atoms with van der Waals surface area (Å²) in [6.45, 7) is 4.74. The molecule has 0 aliphatic heterocycles. The first-order chi connectivity index (χ1) is 9.74. The van der Waals surface area contributed by atoms with Crippen LogP contribution in [0.4, 0.5) is 5.69 Å². The Morgan fingerprint density at radius 1 is 1.29 bits per heavy atom. The van der Waals surface area contributed by atoms with Gasteiger partial charge in [-0.15, -0.1) is 0 Å². The van der Waals surface area contributed by atoms with Crippen LogP contribution < -0.4 is 4.72 Å². The Kier molecular flexibility index (Phi) is 3.73. The van der Waals surface area contributed by atoms with E-state index in [1.165, 1.54) is 18.2 Å². The van der Waals surface area contributed by atoms with Gasteiger partial charge in [0.2, 0.25) is 0 Å². The van der Waals surface area contributed by atoms with Gasteiger partial charge in [0, 0.05) is 0 Å². The summed E-state index contributed by atoms with van der Waals surface area (Å²) in [5.41, 5.74) is 1.41. The average molecular weight is 309 g/mol. The highest BCUT2D eigenvalue weighted by atomic mass is 32.2. The van der Waals surface area contributed by atoms with Crippen molar-refractivity contribution in [2.45, 2.75) is 25.7 Å². The van der Waals surface area contributed by atoms with Gasteiger partial charge in [0.1, 0.15) is 4.90 Å². The number of hydrogen-bond donors (Lipinski definition) is 3. The average Bonchev–Trinajstić information content (AvgIpc) is 2.71. The van der Waals surface area contributed by atoms with Crippen LogP contribution in [0.15, 0.2) is 23.1 Å². The SMILES string of the molecule is Cc1n[nH]c(C)c1S(=O)(=O)Nc1cccc(C(=O)O)c1C. The highest BCUT2D eigenvalue weighted by molar-refractivity contribution is 7.92. The van der Waals surface area contributed by atoms with Crippen molar-refractivity contribution in [1.82, 2.24) is 10.2 Å². The second kappa shape index (κ2) is 5.21. The summed E-state index contributed by atoms with van der Waals surface area (Å²) in [6, 6.07) is 4.43. The minimum absolute atomic E-state index is 0.0517. The van der Waals surface area contributed by atoms with E-state index in [1.807, 2.05) is 0 Å². The Hall–Kier alpha value is -2.35. The summed E-state index contributed by atoms with van der Waals surface area (Å²) in [5.74, 6) is -1.11. The third-order valence-corrected chi connectivity index (χ3v) is 4.77. The lowest BCUT2D eigenvalue weighted by molar-refractivity contribution is 0.0696. The number of sulfonamides is 1. The third-order valence-electron chi connectivity index (χ3n) is 3.14. The number of nitrogens with one attached hydrogen (secondary N) is 2. The van der Waals surface area contributed by atoms with Gasteiger partial charge in [0.25, 0.3) is 10.0 Å². The maximum atomic E-state index is 12.4. The van der Waals surface area contributed by atoms with Crippen LogP contribution in [0.3, 0.4) is 0 Å².